The van der Waals surface area contributed by atoms with Gasteiger partial charge in [-0.2, -0.15) is 0 Å². The van der Waals surface area contributed by atoms with E-state index in [1.807, 2.05) is 12.2 Å². The second-order valence-corrected chi connectivity index (χ2v) is 10.7. The van der Waals surface area contributed by atoms with E-state index in [0.29, 0.717) is 12.8 Å². The van der Waals surface area contributed by atoms with Gasteiger partial charge in [0.1, 0.15) is 17.5 Å². The van der Waals surface area contributed by atoms with E-state index < -0.39 is 49.9 Å². The van der Waals surface area contributed by atoms with Crippen LogP contribution < -0.4 is 0 Å². The topological polar surface area (TPSA) is 20.2 Å². The first kappa shape index (κ1) is 27.6. The molecule has 0 atom stereocenters. The number of rotatable bonds is 10. The van der Waals surface area contributed by atoms with Crippen molar-refractivity contribution in [1.82, 2.24) is 0 Å². The molecule has 1 saturated carbocycles. The van der Waals surface area contributed by atoms with Crippen molar-refractivity contribution in [1.29, 1.82) is 0 Å². The summed E-state index contributed by atoms with van der Waals surface area (Å²) < 4.78 is 120. The van der Waals surface area contributed by atoms with E-state index in [1.54, 1.807) is 0 Å². The van der Waals surface area contributed by atoms with Gasteiger partial charge in [0.05, 0.1) is 0 Å². The number of hydrogen-bond donors (Lipinski definition) is 1. The highest BCUT2D eigenvalue weighted by Crippen LogP contribution is 3.02. The third kappa shape index (κ3) is 7.98. The molecule has 11 heteroatoms. The molecule has 0 radical (unpaired) electrons. The monoisotopic (exact) mass is 510 g/mol. The molecule has 0 unspecified atom stereocenters. The minimum Gasteiger partial charge on any atom is -0.396 e. The van der Waals surface area contributed by atoms with Crippen LogP contribution in [0.4, 0.5) is 37.0 Å². The molecule has 0 bridgehead atoms. The molecule has 1 nitrogen and oxygen atoms in total. The zero-order valence-corrected chi connectivity index (χ0v) is 18.6. The van der Waals surface area contributed by atoms with Gasteiger partial charge in [0.2, 0.25) is 0 Å². The lowest BCUT2D eigenvalue weighted by atomic mass is 9.80. The normalized spacial score (nSPS) is 22.7. The molecule has 0 saturated heterocycles. The maximum atomic E-state index is 14.6. The third-order valence-electron chi connectivity index (χ3n) is 5.66. The van der Waals surface area contributed by atoms with Crippen LogP contribution in [0.3, 0.4) is 0 Å². The van der Waals surface area contributed by atoms with E-state index >= 15 is 0 Å². The van der Waals surface area contributed by atoms with E-state index in [9.17, 15) is 37.0 Å². The average Bonchev–Trinajstić information content (AvgIpc) is 2.69. The number of aliphatic hydroxyl groups is 1. The zero-order valence-electron chi connectivity index (χ0n) is 17.8. The lowest BCUT2D eigenvalue weighted by Gasteiger charge is -2.40. The zero-order chi connectivity index (χ0) is 24.9. The Morgan fingerprint density at radius 1 is 0.879 bits per heavy atom. The van der Waals surface area contributed by atoms with Crippen LogP contribution >= 0.6 is 10.2 Å². The summed E-state index contributed by atoms with van der Waals surface area (Å²) in [5, 5.41) is 8.71. The first-order valence-corrected chi connectivity index (χ1v) is 12.7. The van der Waals surface area contributed by atoms with Gasteiger partial charge in [-0.3, -0.25) is 0 Å². The Hall–Kier alpha value is -1.62. The Morgan fingerprint density at radius 2 is 1.42 bits per heavy atom. The van der Waals surface area contributed by atoms with Crippen LogP contribution in [-0.4, -0.2) is 11.7 Å². The van der Waals surface area contributed by atoms with Crippen LogP contribution in [0.5, 0.6) is 0 Å². The van der Waals surface area contributed by atoms with Gasteiger partial charge < -0.3 is 5.11 Å². The first-order chi connectivity index (χ1) is 15.1. The van der Waals surface area contributed by atoms with Crippen molar-refractivity contribution in [3.8, 4) is 0 Å². The summed E-state index contributed by atoms with van der Waals surface area (Å²) in [6.07, 6.45) is 10.1. The maximum absolute atomic E-state index is 14.6. The second-order valence-electron chi connectivity index (χ2n) is 8.37. The molecule has 0 aliphatic heterocycles. The Kier molecular flexibility index (Phi) is 8.32. The van der Waals surface area contributed by atoms with Gasteiger partial charge in [-0.15, -0.1) is 0 Å². The molecule has 0 spiro atoms. The summed E-state index contributed by atoms with van der Waals surface area (Å²) in [6, 6.07) is -0.527. The molecule has 1 aromatic carbocycles. The Labute approximate surface area is 187 Å². The van der Waals surface area contributed by atoms with Crippen LogP contribution in [0.2, 0.25) is 0 Å². The number of aliphatic hydroxyl groups excluding tert-OH is 1. The van der Waals surface area contributed by atoms with E-state index in [4.69, 9.17) is 5.11 Å². The van der Waals surface area contributed by atoms with Gasteiger partial charge in [-0.05, 0) is 63.0 Å². The standard InChI is InChI=1S/C22H27F9OS/c23-18-13-17(14-19(24)22(18)33(27,28,29,30)31)21(26)20(25)16-10-8-15(9-11-16)7-5-3-1-2-4-6-12-32/h5,7,13-16,32H,1-4,6,8-12H2/b7-5+,21-20+. The SMILES string of the molecule is OCCCCCC/C=C/C1CCC(/C(F)=C(\F)c2cc(F)c(S(F)(F)(F)(F)F)c(F)c2)CC1. The quantitative estimate of drug-likeness (QED) is 0.189. The molecule has 33 heavy (non-hydrogen) atoms. The van der Waals surface area contributed by atoms with Crippen molar-refractivity contribution in [2.24, 2.45) is 11.8 Å². The Morgan fingerprint density at radius 3 is 1.94 bits per heavy atom. The number of unbranched alkanes of at least 4 members (excludes halogenated alkanes) is 4. The van der Waals surface area contributed by atoms with E-state index in [1.165, 1.54) is 0 Å². The van der Waals surface area contributed by atoms with Crippen LogP contribution in [0, 0.1) is 23.5 Å². The van der Waals surface area contributed by atoms with Gasteiger partial charge in [0.25, 0.3) is 0 Å². The smallest absolute Gasteiger partial charge is 0.315 e. The van der Waals surface area contributed by atoms with Gasteiger partial charge in [0.15, 0.2) is 10.7 Å². The van der Waals surface area contributed by atoms with Crippen molar-refractivity contribution in [3.05, 3.63) is 47.3 Å². The first-order valence-electron chi connectivity index (χ1n) is 10.7. The Bertz CT molecular complexity index is 863. The molecule has 1 aliphatic rings. The number of hydrogen-bond acceptors (Lipinski definition) is 1. The predicted molar refractivity (Wildman–Crippen MR) is 112 cm³/mol. The highest BCUT2D eigenvalue weighted by molar-refractivity contribution is 8.45. The van der Waals surface area contributed by atoms with Gasteiger partial charge in [0, 0.05) is 18.1 Å². The molecule has 1 aliphatic carbocycles. The fraction of sp³-hybridized carbons (Fsp3) is 0.545. The van der Waals surface area contributed by atoms with Crippen LogP contribution in [0.25, 0.3) is 5.83 Å². The predicted octanol–water partition coefficient (Wildman–Crippen LogP) is 9.54. The molecule has 1 N–H and O–H groups in total. The number of allylic oxidation sites excluding steroid dienone is 3. The summed E-state index contributed by atoms with van der Waals surface area (Å²) in [4.78, 5) is -3.37. The molecular weight excluding hydrogens is 483 g/mol. The molecule has 0 amide bonds. The molecule has 2 rings (SSSR count). The largest absolute Gasteiger partial charge is 0.396 e. The molecule has 1 aromatic rings. The minimum atomic E-state index is -10.7. The average molecular weight is 511 g/mol. The van der Waals surface area contributed by atoms with Crippen LogP contribution in [0.1, 0.15) is 63.4 Å². The highest BCUT2D eigenvalue weighted by Gasteiger charge is 2.68. The lowest BCUT2D eigenvalue weighted by molar-refractivity contribution is 0.282. The molecule has 1 fully saturated rings. The maximum Gasteiger partial charge on any atom is 0.315 e. The molecule has 0 heterocycles. The number of halogens is 9. The van der Waals surface area contributed by atoms with E-state index in [-0.39, 0.29) is 37.5 Å². The summed E-state index contributed by atoms with van der Waals surface area (Å²) in [7, 11) is -10.7. The molecule has 0 aromatic heterocycles. The summed E-state index contributed by atoms with van der Waals surface area (Å²) in [5.41, 5.74) is -1.20. The highest BCUT2D eigenvalue weighted by atomic mass is 32.5. The van der Waals surface area contributed by atoms with Crippen molar-refractivity contribution in [3.63, 3.8) is 0 Å². The fourth-order valence-corrected chi connectivity index (χ4v) is 4.81. The van der Waals surface area contributed by atoms with E-state index in [2.05, 4.69) is 0 Å². The van der Waals surface area contributed by atoms with Crippen LogP contribution in [0.15, 0.2) is 35.0 Å². The summed E-state index contributed by atoms with van der Waals surface area (Å²) >= 11 is 0. The van der Waals surface area contributed by atoms with Gasteiger partial charge in [-0.1, -0.05) is 44.4 Å². The molecule has 190 valence electrons. The third-order valence-corrected chi connectivity index (χ3v) is 6.83. The van der Waals surface area contributed by atoms with E-state index in [0.717, 1.165) is 32.1 Å². The number of benzene rings is 1. The minimum absolute atomic E-state index is 0.154. The van der Waals surface area contributed by atoms with Gasteiger partial charge >= 0.3 is 10.2 Å². The summed E-state index contributed by atoms with van der Waals surface area (Å²) in [5.74, 6) is -9.28. The van der Waals surface area contributed by atoms with Crippen molar-refractivity contribution in [2.45, 2.75) is 62.7 Å². The van der Waals surface area contributed by atoms with Gasteiger partial charge in [-0.25, -0.2) is 17.6 Å². The lowest BCUT2D eigenvalue weighted by Crippen LogP contribution is -2.14. The molecular formula is C22H27F9OS. The Balaban J connectivity index is 2.03. The summed E-state index contributed by atoms with van der Waals surface area (Å²) in [6.45, 7) is 0.171. The van der Waals surface area contributed by atoms with Crippen molar-refractivity contribution < 1.29 is 42.1 Å². The van der Waals surface area contributed by atoms with Crippen LogP contribution in [-0.2, 0) is 0 Å². The second kappa shape index (κ2) is 9.93. The van der Waals surface area contributed by atoms with Crippen molar-refractivity contribution >= 4 is 16.1 Å². The van der Waals surface area contributed by atoms with Crippen molar-refractivity contribution in [2.75, 3.05) is 6.61 Å². The fourth-order valence-electron chi connectivity index (χ4n) is 3.95.